The van der Waals surface area contributed by atoms with Crippen LogP contribution in [0, 0.1) is 0 Å². The molecule has 4 rings (SSSR count). The summed E-state index contributed by atoms with van der Waals surface area (Å²) in [4.78, 5) is 0. The quantitative estimate of drug-likeness (QED) is 0.752. The lowest BCUT2D eigenvalue weighted by Gasteiger charge is -2.49. The summed E-state index contributed by atoms with van der Waals surface area (Å²) in [7, 11) is 0. The molecule has 0 spiro atoms. The van der Waals surface area contributed by atoms with E-state index in [-0.39, 0.29) is 30.5 Å². The number of ether oxygens (including phenoxy) is 5. The average molecular weight is 384 g/mol. The van der Waals surface area contributed by atoms with Crippen molar-refractivity contribution in [1.29, 1.82) is 0 Å². The van der Waals surface area contributed by atoms with E-state index in [1.807, 2.05) is 62.4 Å². The molecule has 2 fully saturated rings. The van der Waals surface area contributed by atoms with Gasteiger partial charge in [-0.2, -0.15) is 0 Å². The SMILES string of the molecule is CCO[C@@H]1[C@@H](OCC)[C@H](c2ccccc2)O[C@@H]2CO[C@@H](c3ccccc3)O[C@@H]12. The molecule has 5 heteroatoms. The highest BCUT2D eigenvalue weighted by atomic mass is 16.7. The van der Waals surface area contributed by atoms with Crippen LogP contribution in [0.5, 0.6) is 0 Å². The smallest absolute Gasteiger partial charge is 0.184 e. The van der Waals surface area contributed by atoms with Gasteiger partial charge in [0.05, 0.1) is 6.61 Å². The summed E-state index contributed by atoms with van der Waals surface area (Å²) >= 11 is 0. The van der Waals surface area contributed by atoms with Crippen molar-refractivity contribution in [1.82, 2.24) is 0 Å². The maximum absolute atomic E-state index is 6.45. The number of benzene rings is 2. The molecule has 6 atom stereocenters. The second-order valence-corrected chi connectivity index (χ2v) is 7.02. The summed E-state index contributed by atoms with van der Waals surface area (Å²) in [5.41, 5.74) is 2.07. The summed E-state index contributed by atoms with van der Waals surface area (Å²) in [5, 5.41) is 0. The van der Waals surface area contributed by atoms with Gasteiger partial charge >= 0.3 is 0 Å². The fourth-order valence-corrected chi connectivity index (χ4v) is 4.03. The number of rotatable bonds is 6. The lowest BCUT2D eigenvalue weighted by atomic mass is 9.90. The lowest BCUT2D eigenvalue weighted by Crippen LogP contribution is -2.60. The minimum absolute atomic E-state index is 0.210. The summed E-state index contributed by atoms with van der Waals surface area (Å²) < 4.78 is 31.1. The van der Waals surface area contributed by atoms with Crippen LogP contribution in [0.15, 0.2) is 60.7 Å². The van der Waals surface area contributed by atoms with Crippen molar-refractivity contribution in [3.05, 3.63) is 71.8 Å². The second-order valence-electron chi connectivity index (χ2n) is 7.02. The van der Waals surface area contributed by atoms with Crippen LogP contribution in [-0.2, 0) is 23.7 Å². The van der Waals surface area contributed by atoms with Crippen LogP contribution in [-0.4, -0.2) is 44.2 Å². The largest absolute Gasteiger partial charge is 0.373 e. The Labute approximate surface area is 166 Å². The number of hydrogen-bond donors (Lipinski definition) is 0. The molecule has 0 unspecified atom stereocenters. The molecule has 0 saturated carbocycles. The first-order valence-corrected chi connectivity index (χ1v) is 10.1. The van der Waals surface area contributed by atoms with E-state index in [2.05, 4.69) is 12.1 Å². The molecule has 0 N–H and O–H groups in total. The molecule has 5 nitrogen and oxygen atoms in total. The van der Waals surface area contributed by atoms with E-state index in [0.29, 0.717) is 19.8 Å². The highest BCUT2D eigenvalue weighted by Gasteiger charge is 2.51. The summed E-state index contributed by atoms with van der Waals surface area (Å²) in [6, 6.07) is 20.1. The number of hydrogen-bond acceptors (Lipinski definition) is 5. The third-order valence-electron chi connectivity index (χ3n) is 5.24. The zero-order valence-electron chi connectivity index (χ0n) is 16.4. The zero-order chi connectivity index (χ0) is 19.3. The van der Waals surface area contributed by atoms with Crippen molar-refractivity contribution < 1.29 is 23.7 Å². The molecule has 0 bridgehead atoms. The topological polar surface area (TPSA) is 46.2 Å². The Balaban J connectivity index is 1.61. The molecule has 0 aliphatic carbocycles. The van der Waals surface area contributed by atoms with Crippen LogP contribution < -0.4 is 0 Å². The molecule has 0 amide bonds. The maximum atomic E-state index is 6.45. The van der Waals surface area contributed by atoms with E-state index in [9.17, 15) is 0 Å². The van der Waals surface area contributed by atoms with Gasteiger partial charge in [-0.05, 0) is 19.4 Å². The Morgan fingerprint density at radius 3 is 2.04 bits per heavy atom. The van der Waals surface area contributed by atoms with E-state index in [1.165, 1.54) is 0 Å². The first-order valence-electron chi connectivity index (χ1n) is 10.1. The molecule has 2 aromatic carbocycles. The minimum atomic E-state index is -0.426. The highest BCUT2D eigenvalue weighted by molar-refractivity contribution is 5.21. The van der Waals surface area contributed by atoms with Crippen LogP contribution in [0.1, 0.15) is 37.4 Å². The molecule has 28 heavy (non-hydrogen) atoms. The summed E-state index contributed by atoms with van der Waals surface area (Å²) in [5.74, 6) is 0. The van der Waals surface area contributed by atoms with Gasteiger partial charge in [0.1, 0.15) is 30.5 Å². The fraction of sp³-hybridized carbons (Fsp3) is 0.478. The van der Waals surface area contributed by atoms with Crippen molar-refractivity contribution >= 4 is 0 Å². The normalized spacial score (nSPS) is 32.6. The summed E-state index contributed by atoms with van der Waals surface area (Å²) in [6.07, 6.45) is -1.59. The molecule has 2 aromatic rings. The molecular formula is C23H28O5. The monoisotopic (exact) mass is 384 g/mol. The maximum Gasteiger partial charge on any atom is 0.184 e. The van der Waals surface area contributed by atoms with Gasteiger partial charge in [0, 0.05) is 18.8 Å². The third-order valence-corrected chi connectivity index (χ3v) is 5.24. The Kier molecular flexibility index (Phi) is 6.40. The molecular weight excluding hydrogens is 356 g/mol. The Hall–Kier alpha value is -1.76. The van der Waals surface area contributed by atoms with Gasteiger partial charge in [-0.15, -0.1) is 0 Å². The van der Waals surface area contributed by atoms with E-state index in [0.717, 1.165) is 11.1 Å². The van der Waals surface area contributed by atoms with Crippen molar-refractivity contribution in [2.75, 3.05) is 19.8 Å². The van der Waals surface area contributed by atoms with Gasteiger partial charge in [0.15, 0.2) is 6.29 Å². The van der Waals surface area contributed by atoms with Gasteiger partial charge in [0.25, 0.3) is 0 Å². The standard InChI is InChI=1S/C23H28O5/c1-3-24-21-19(16-11-7-5-8-12-16)27-18-15-26-23(17-13-9-6-10-14-17)28-20(18)22(21)25-4-2/h5-14,18-23H,3-4,15H2,1-2H3/t18-,19+,20-,21+,22+,23-/m1/s1. The first-order chi connectivity index (χ1) is 13.8. The van der Waals surface area contributed by atoms with Gasteiger partial charge < -0.3 is 23.7 Å². The van der Waals surface area contributed by atoms with Crippen molar-refractivity contribution in [2.24, 2.45) is 0 Å². The third kappa shape index (κ3) is 4.00. The number of fused-ring (bicyclic) bond motifs is 1. The molecule has 0 aromatic heterocycles. The minimum Gasteiger partial charge on any atom is -0.373 e. The zero-order valence-corrected chi connectivity index (χ0v) is 16.4. The Morgan fingerprint density at radius 2 is 1.39 bits per heavy atom. The predicted octanol–water partition coefficient (Wildman–Crippen LogP) is 4.05. The summed E-state index contributed by atoms with van der Waals surface area (Å²) in [6.45, 7) is 5.61. The van der Waals surface area contributed by atoms with Crippen LogP contribution in [0.25, 0.3) is 0 Å². The Morgan fingerprint density at radius 1 is 0.786 bits per heavy atom. The van der Waals surface area contributed by atoms with Crippen LogP contribution in [0.3, 0.4) is 0 Å². The van der Waals surface area contributed by atoms with Gasteiger partial charge in [-0.3, -0.25) is 0 Å². The Bertz CT molecular complexity index is 722. The van der Waals surface area contributed by atoms with Crippen LogP contribution in [0.4, 0.5) is 0 Å². The van der Waals surface area contributed by atoms with E-state index < -0.39 is 6.29 Å². The molecule has 150 valence electrons. The molecule has 2 aliphatic heterocycles. The van der Waals surface area contributed by atoms with E-state index >= 15 is 0 Å². The predicted molar refractivity (Wildman–Crippen MR) is 105 cm³/mol. The molecule has 2 heterocycles. The molecule has 2 saturated heterocycles. The van der Waals surface area contributed by atoms with Crippen molar-refractivity contribution in [3.8, 4) is 0 Å². The van der Waals surface area contributed by atoms with Crippen molar-refractivity contribution in [3.63, 3.8) is 0 Å². The van der Waals surface area contributed by atoms with Crippen LogP contribution in [0.2, 0.25) is 0 Å². The average Bonchev–Trinajstić information content (AvgIpc) is 2.76. The van der Waals surface area contributed by atoms with Gasteiger partial charge in [-0.1, -0.05) is 60.7 Å². The highest BCUT2D eigenvalue weighted by Crippen LogP contribution is 2.41. The van der Waals surface area contributed by atoms with Crippen molar-refractivity contribution in [2.45, 2.75) is 50.7 Å². The van der Waals surface area contributed by atoms with E-state index in [4.69, 9.17) is 23.7 Å². The second kappa shape index (κ2) is 9.16. The molecule has 0 radical (unpaired) electrons. The molecule has 2 aliphatic rings. The first kappa shape index (κ1) is 19.6. The van der Waals surface area contributed by atoms with Gasteiger partial charge in [-0.25, -0.2) is 0 Å². The van der Waals surface area contributed by atoms with Crippen LogP contribution >= 0.6 is 0 Å². The fourth-order valence-electron chi connectivity index (χ4n) is 4.03. The lowest BCUT2D eigenvalue weighted by molar-refractivity contribution is -0.338. The van der Waals surface area contributed by atoms with Gasteiger partial charge in [0.2, 0.25) is 0 Å². The van der Waals surface area contributed by atoms with E-state index in [1.54, 1.807) is 0 Å².